The molecule has 21 heavy (non-hydrogen) atoms. The van der Waals surface area contributed by atoms with E-state index >= 15 is 0 Å². The maximum Gasteiger partial charge on any atom is 0.335 e. The lowest BCUT2D eigenvalue weighted by Gasteiger charge is -2.10. The van der Waals surface area contributed by atoms with Crippen LogP contribution in [0, 0.1) is 6.92 Å². The van der Waals surface area contributed by atoms with Crippen LogP contribution in [-0.2, 0) is 13.0 Å². The van der Waals surface area contributed by atoms with Gasteiger partial charge in [-0.1, -0.05) is 13.8 Å². The van der Waals surface area contributed by atoms with E-state index in [1.54, 1.807) is 19.1 Å². The molecule has 1 aromatic carbocycles. The van der Waals surface area contributed by atoms with Crippen LogP contribution in [-0.4, -0.2) is 20.7 Å². The normalized spacial score (nSPS) is 12.8. The number of hydrogen-bond acceptors (Lipinski definition) is 2. The Labute approximate surface area is 125 Å². The van der Waals surface area contributed by atoms with Crippen molar-refractivity contribution < 1.29 is 15.0 Å². The van der Waals surface area contributed by atoms with Crippen LogP contribution in [0.15, 0.2) is 12.1 Å². The number of benzene rings is 1. The van der Waals surface area contributed by atoms with Crippen LogP contribution in [0.3, 0.4) is 0 Å². The monoisotopic (exact) mass is 289 g/mol. The highest BCUT2D eigenvalue weighted by Crippen LogP contribution is 2.34. The van der Waals surface area contributed by atoms with Gasteiger partial charge in [-0.3, -0.25) is 0 Å². The van der Waals surface area contributed by atoms with Crippen LogP contribution >= 0.6 is 0 Å². The summed E-state index contributed by atoms with van der Waals surface area (Å²) >= 11 is 0. The lowest BCUT2D eigenvalue weighted by Crippen LogP contribution is -2.03. The molecule has 0 aliphatic rings. The largest absolute Gasteiger partial charge is 0.478 e. The maximum absolute atomic E-state index is 11.3. The molecule has 0 saturated heterocycles. The highest BCUT2D eigenvalue weighted by molar-refractivity contribution is 5.97. The van der Waals surface area contributed by atoms with E-state index in [9.17, 15) is 15.0 Å². The molecule has 2 aromatic rings. The minimum atomic E-state index is -0.927. The van der Waals surface area contributed by atoms with Crippen LogP contribution in [0.5, 0.6) is 0 Å². The van der Waals surface area contributed by atoms with Crippen LogP contribution in [0.4, 0.5) is 0 Å². The number of carboxylic acids is 1. The number of aryl methyl sites for hydroxylation is 2. The van der Waals surface area contributed by atoms with E-state index in [4.69, 9.17) is 0 Å². The molecule has 1 heterocycles. The quantitative estimate of drug-likeness (QED) is 0.882. The summed E-state index contributed by atoms with van der Waals surface area (Å²) in [5.74, 6) is -0.927. The van der Waals surface area contributed by atoms with E-state index in [-0.39, 0.29) is 5.56 Å². The van der Waals surface area contributed by atoms with E-state index in [1.165, 1.54) is 0 Å². The fourth-order valence-corrected chi connectivity index (χ4v) is 3.15. The van der Waals surface area contributed by atoms with Gasteiger partial charge in [0.1, 0.15) is 0 Å². The van der Waals surface area contributed by atoms with Crippen LogP contribution in [0.25, 0.3) is 10.9 Å². The summed E-state index contributed by atoms with van der Waals surface area (Å²) in [6, 6.07) is 3.44. The Hall–Kier alpha value is -1.81. The van der Waals surface area contributed by atoms with Crippen molar-refractivity contribution in [3.05, 3.63) is 34.5 Å². The van der Waals surface area contributed by atoms with Gasteiger partial charge in [-0.05, 0) is 44.4 Å². The number of hydrogen-bond donors (Lipinski definition) is 2. The number of aliphatic hydroxyl groups is 1. The predicted molar refractivity (Wildman–Crippen MR) is 83.9 cm³/mol. The average molecular weight is 289 g/mol. The molecule has 0 aliphatic heterocycles. The summed E-state index contributed by atoms with van der Waals surface area (Å²) in [6.45, 7) is 8.74. The van der Waals surface area contributed by atoms with Gasteiger partial charge in [0.2, 0.25) is 0 Å². The summed E-state index contributed by atoms with van der Waals surface area (Å²) in [4.78, 5) is 11.3. The molecule has 2 N–H and O–H groups in total. The Balaban J connectivity index is 2.92. The minimum Gasteiger partial charge on any atom is -0.478 e. The second-order valence-electron chi connectivity index (χ2n) is 5.52. The summed E-state index contributed by atoms with van der Waals surface area (Å²) in [6.07, 6.45) is 1.15. The Bertz CT molecular complexity index is 683. The standard InChI is InChI=1S/C17H23NO3/c1-5-7-18-10(3)15(11(4)19)14-9-13(17(20)21)8-12(6-2)16(14)18/h8-9,11,19H,5-7H2,1-4H3,(H,20,21). The van der Waals surface area contributed by atoms with Gasteiger partial charge in [-0.2, -0.15) is 0 Å². The lowest BCUT2D eigenvalue weighted by atomic mass is 10.00. The van der Waals surface area contributed by atoms with Gasteiger partial charge in [0.05, 0.1) is 17.2 Å². The second kappa shape index (κ2) is 5.90. The minimum absolute atomic E-state index is 0.287. The zero-order valence-corrected chi connectivity index (χ0v) is 13.1. The third kappa shape index (κ3) is 2.56. The fourth-order valence-electron chi connectivity index (χ4n) is 3.15. The molecule has 0 aliphatic carbocycles. The molecule has 0 bridgehead atoms. The molecule has 0 fully saturated rings. The Morgan fingerprint density at radius 1 is 1.33 bits per heavy atom. The summed E-state index contributed by atoms with van der Waals surface area (Å²) < 4.78 is 2.21. The molecule has 114 valence electrons. The number of aromatic carboxylic acids is 1. The summed E-state index contributed by atoms with van der Waals surface area (Å²) in [5, 5.41) is 20.3. The number of carboxylic acid groups (broad SMARTS) is 1. The van der Waals surface area contributed by atoms with E-state index in [2.05, 4.69) is 11.5 Å². The molecule has 1 aromatic heterocycles. The van der Waals surface area contributed by atoms with Gasteiger partial charge in [-0.15, -0.1) is 0 Å². The van der Waals surface area contributed by atoms with Crippen molar-refractivity contribution in [1.29, 1.82) is 0 Å². The molecule has 2 rings (SSSR count). The average Bonchev–Trinajstić information content (AvgIpc) is 2.71. The van der Waals surface area contributed by atoms with Gasteiger partial charge < -0.3 is 14.8 Å². The van der Waals surface area contributed by atoms with E-state index < -0.39 is 12.1 Å². The predicted octanol–water partition coefficient (Wildman–Crippen LogP) is 3.67. The highest BCUT2D eigenvalue weighted by atomic mass is 16.4. The number of aromatic nitrogens is 1. The molecular weight excluding hydrogens is 266 g/mol. The molecule has 0 saturated carbocycles. The molecular formula is C17H23NO3. The number of aliphatic hydroxyl groups excluding tert-OH is 1. The van der Waals surface area contributed by atoms with Crippen LogP contribution in [0.1, 0.15) is 60.5 Å². The molecule has 4 nitrogen and oxygen atoms in total. The van der Waals surface area contributed by atoms with Crippen LogP contribution in [0.2, 0.25) is 0 Å². The first-order valence-corrected chi connectivity index (χ1v) is 7.49. The van der Waals surface area contributed by atoms with Crippen molar-refractivity contribution in [2.75, 3.05) is 0 Å². The first kappa shape index (κ1) is 15.6. The topological polar surface area (TPSA) is 62.5 Å². The third-order valence-electron chi connectivity index (χ3n) is 4.04. The maximum atomic E-state index is 11.3. The van der Waals surface area contributed by atoms with Crippen LogP contribution < -0.4 is 0 Å². The van der Waals surface area contributed by atoms with Crippen molar-refractivity contribution in [2.24, 2.45) is 0 Å². The van der Waals surface area contributed by atoms with Crippen molar-refractivity contribution in [2.45, 2.75) is 53.2 Å². The van der Waals surface area contributed by atoms with Crippen molar-refractivity contribution in [3.63, 3.8) is 0 Å². The molecule has 1 atom stereocenters. The number of carbonyl (C=O) groups is 1. The molecule has 4 heteroatoms. The highest BCUT2D eigenvalue weighted by Gasteiger charge is 2.21. The Morgan fingerprint density at radius 2 is 2.00 bits per heavy atom. The number of nitrogens with zero attached hydrogens (tertiary/aromatic N) is 1. The van der Waals surface area contributed by atoms with Crippen molar-refractivity contribution >= 4 is 16.9 Å². The number of fused-ring (bicyclic) bond motifs is 1. The molecule has 1 unspecified atom stereocenters. The smallest absolute Gasteiger partial charge is 0.335 e. The van der Waals surface area contributed by atoms with Gasteiger partial charge >= 0.3 is 5.97 Å². The van der Waals surface area contributed by atoms with E-state index in [0.717, 1.165) is 47.1 Å². The first-order chi connectivity index (χ1) is 9.92. The summed E-state index contributed by atoms with van der Waals surface area (Å²) in [5.41, 5.74) is 4.25. The van der Waals surface area contributed by atoms with Gasteiger partial charge in [0.15, 0.2) is 0 Å². The molecule has 0 amide bonds. The molecule has 0 radical (unpaired) electrons. The van der Waals surface area contributed by atoms with Gasteiger partial charge in [-0.25, -0.2) is 4.79 Å². The Kier molecular flexibility index (Phi) is 4.37. The summed E-state index contributed by atoms with van der Waals surface area (Å²) in [7, 11) is 0. The fraction of sp³-hybridized carbons (Fsp3) is 0.471. The SMILES string of the molecule is CCCn1c(C)c(C(C)O)c2cc(C(=O)O)cc(CC)c21. The Morgan fingerprint density at radius 3 is 2.48 bits per heavy atom. The van der Waals surface area contributed by atoms with E-state index in [1.807, 2.05) is 13.8 Å². The van der Waals surface area contributed by atoms with Gasteiger partial charge in [0, 0.05) is 23.2 Å². The zero-order valence-electron chi connectivity index (χ0n) is 13.1. The molecule has 0 spiro atoms. The number of rotatable bonds is 5. The van der Waals surface area contributed by atoms with Gasteiger partial charge in [0.25, 0.3) is 0 Å². The second-order valence-corrected chi connectivity index (χ2v) is 5.52. The van der Waals surface area contributed by atoms with E-state index in [0.29, 0.717) is 0 Å². The van der Waals surface area contributed by atoms with Crippen molar-refractivity contribution in [1.82, 2.24) is 4.57 Å². The first-order valence-electron chi connectivity index (χ1n) is 7.49. The lowest BCUT2D eigenvalue weighted by molar-refractivity contribution is 0.0697. The third-order valence-corrected chi connectivity index (χ3v) is 4.04. The zero-order chi connectivity index (χ0) is 15.7. The van der Waals surface area contributed by atoms with Crippen molar-refractivity contribution in [3.8, 4) is 0 Å².